The van der Waals surface area contributed by atoms with Crippen molar-refractivity contribution in [2.24, 2.45) is 0 Å². The van der Waals surface area contributed by atoms with Crippen molar-refractivity contribution < 1.29 is 21.6 Å². The molecule has 0 saturated heterocycles. The lowest BCUT2D eigenvalue weighted by Gasteiger charge is -2.24. The van der Waals surface area contributed by atoms with Gasteiger partial charge in [0.05, 0.1) is 16.8 Å². The topological polar surface area (TPSA) is 138 Å². The zero-order valence-corrected chi connectivity index (χ0v) is 22.1. The van der Waals surface area contributed by atoms with Gasteiger partial charge in [0.2, 0.25) is 21.9 Å². The molecule has 0 unspecified atom stereocenters. The summed E-state index contributed by atoms with van der Waals surface area (Å²) in [5.74, 6) is -0.345. The molecule has 0 radical (unpaired) electrons. The Labute approximate surface area is 211 Å². The van der Waals surface area contributed by atoms with Gasteiger partial charge in [-0.2, -0.15) is 0 Å². The van der Waals surface area contributed by atoms with Crippen LogP contribution in [0.1, 0.15) is 29.7 Å². The zero-order valence-electron chi connectivity index (χ0n) is 20.5. The summed E-state index contributed by atoms with van der Waals surface area (Å²) >= 11 is 0. The molecule has 1 amide bonds. The van der Waals surface area contributed by atoms with E-state index in [4.69, 9.17) is 0 Å². The Kier molecular flexibility index (Phi) is 8.31. The molecule has 0 aliphatic rings. The van der Waals surface area contributed by atoms with Crippen molar-refractivity contribution in [1.29, 1.82) is 0 Å². The summed E-state index contributed by atoms with van der Waals surface area (Å²) in [6, 6.07) is 12.9. The van der Waals surface area contributed by atoms with Gasteiger partial charge in [-0.1, -0.05) is 12.1 Å². The Bertz CT molecular complexity index is 1460. The van der Waals surface area contributed by atoms with E-state index in [2.05, 4.69) is 20.0 Å². The lowest BCUT2D eigenvalue weighted by molar-refractivity contribution is -0.116. The lowest BCUT2D eigenvalue weighted by atomic mass is 10.1. The van der Waals surface area contributed by atoms with Crippen molar-refractivity contribution in [3.8, 4) is 0 Å². The van der Waals surface area contributed by atoms with Crippen LogP contribution in [0.3, 0.4) is 0 Å². The molecule has 10 nitrogen and oxygen atoms in total. The number of amides is 1. The largest absolute Gasteiger partial charge is 0.326 e. The number of carbonyl (C=O) groups is 1. The van der Waals surface area contributed by atoms with Gasteiger partial charge in [-0.05, 0) is 74.7 Å². The van der Waals surface area contributed by atoms with Gasteiger partial charge in [-0.15, -0.1) is 0 Å². The Hall–Kier alpha value is -3.51. The van der Waals surface area contributed by atoms with Crippen molar-refractivity contribution in [1.82, 2.24) is 9.97 Å². The maximum absolute atomic E-state index is 12.6. The average molecular weight is 532 g/mol. The van der Waals surface area contributed by atoms with Crippen molar-refractivity contribution in [3.63, 3.8) is 0 Å². The number of sulfonamides is 2. The quantitative estimate of drug-likeness (QED) is 0.409. The SMILES string of the molecule is Cc1ccc(C)c(N(CCCC(=O)Nc2ccc(S(=O)(=O)Nc3nccc(C)n3)cc2)S(C)(=O)=O)c1. The zero-order chi connectivity index (χ0) is 26.5. The molecule has 0 fully saturated rings. The van der Waals surface area contributed by atoms with Gasteiger partial charge in [0.1, 0.15) is 0 Å². The van der Waals surface area contributed by atoms with Crippen LogP contribution in [0.5, 0.6) is 0 Å². The summed E-state index contributed by atoms with van der Waals surface area (Å²) in [6.45, 7) is 5.60. The molecule has 192 valence electrons. The van der Waals surface area contributed by atoms with Gasteiger partial charge in [0, 0.05) is 30.5 Å². The summed E-state index contributed by atoms with van der Waals surface area (Å²) in [4.78, 5) is 20.3. The summed E-state index contributed by atoms with van der Waals surface area (Å²) < 4.78 is 53.5. The van der Waals surface area contributed by atoms with E-state index < -0.39 is 20.0 Å². The second-order valence-electron chi connectivity index (χ2n) is 8.43. The number of rotatable bonds is 10. The number of aryl methyl sites for hydroxylation is 3. The first-order valence-corrected chi connectivity index (χ1v) is 14.5. The van der Waals surface area contributed by atoms with E-state index in [0.29, 0.717) is 23.5 Å². The lowest BCUT2D eigenvalue weighted by Crippen LogP contribution is -2.32. The molecule has 1 aromatic heterocycles. The first kappa shape index (κ1) is 27.1. The Morgan fingerprint density at radius 2 is 1.67 bits per heavy atom. The standard InChI is InChI=1S/C24H29N5O5S2/c1-17-7-8-18(2)22(16-17)29(35(4,31)32)15-5-6-23(30)27-20-9-11-21(12-10-20)36(33,34)28-24-25-14-13-19(3)26-24/h7-14,16H,5-6,15H2,1-4H3,(H,27,30)(H,25,26,28). The van der Waals surface area contributed by atoms with E-state index in [1.165, 1.54) is 34.8 Å². The second kappa shape index (κ2) is 11.0. The molecule has 1 heterocycles. The van der Waals surface area contributed by atoms with E-state index >= 15 is 0 Å². The molecule has 3 rings (SSSR count). The van der Waals surface area contributed by atoms with Crippen LogP contribution >= 0.6 is 0 Å². The van der Waals surface area contributed by atoms with Gasteiger partial charge in [0.25, 0.3) is 10.0 Å². The number of nitrogens with zero attached hydrogens (tertiary/aromatic N) is 3. The summed E-state index contributed by atoms with van der Waals surface area (Å²) in [7, 11) is -7.42. The molecule has 0 aliphatic carbocycles. The van der Waals surface area contributed by atoms with Gasteiger partial charge >= 0.3 is 0 Å². The van der Waals surface area contributed by atoms with E-state index in [9.17, 15) is 21.6 Å². The maximum atomic E-state index is 12.6. The molecular formula is C24H29N5O5S2. The van der Waals surface area contributed by atoms with Crippen LogP contribution in [0.15, 0.2) is 59.6 Å². The highest BCUT2D eigenvalue weighted by molar-refractivity contribution is 7.92. The van der Waals surface area contributed by atoms with Gasteiger partial charge in [-0.25, -0.2) is 31.5 Å². The van der Waals surface area contributed by atoms with Crippen molar-refractivity contribution >= 4 is 43.3 Å². The molecule has 12 heteroatoms. The van der Waals surface area contributed by atoms with Crippen molar-refractivity contribution in [2.75, 3.05) is 27.1 Å². The Morgan fingerprint density at radius 3 is 2.31 bits per heavy atom. The van der Waals surface area contributed by atoms with Crippen LogP contribution in [0.2, 0.25) is 0 Å². The number of carbonyl (C=O) groups excluding carboxylic acids is 1. The number of nitrogens with one attached hydrogen (secondary N) is 2. The van der Waals surface area contributed by atoms with Gasteiger partial charge in [0.15, 0.2) is 0 Å². The van der Waals surface area contributed by atoms with Crippen LogP contribution in [0, 0.1) is 20.8 Å². The number of anilines is 3. The normalized spacial score (nSPS) is 11.7. The minimum absolute atomic E-state index is 0.0112. The van der Waals surface area contributed by atoms with E-state index in [1.54, 1.807) is 13.0 Å². The summed E-state index contributed by atoms with van der Waals surface area (Å²) in [5, 5.41) is 2.70. The number of aromatic nitrogens is 2. The fourth-order valence-corrected chi connectivity index (χ4v) is 5.42. The highest BCUT2D eigenvalue weighted by atomic mass is 32.2. The van der Waals surface area contributed by atoms with E-state index in [-0.39, 0.29) is 29.7 Å². The van der Waals surface area contributed by atoms with Crippen LogP contribution in [0.4, 0.5) is 17.3 Å². The summed E-state index contributed by atoms with van der Waals surface area (Å²) in [5.41, 5.74) is 3.40. The van der Waals surface area contributed by atoms with Crippen molar-refractivity contribution in [2.45, 2.75) is 38.5 Å². The fourth-order valence-electron chi connectivity index (χ4n) is 3.45. The summed E-state index contributed by atoms with van der Waals surface area (Å²) in [6.07, 6.45) is 2.99. The fraction of sp³-hybridized carbons (Fsp3) is 0.292. The molecule has 0 aliphatic heterocycles. The number of benzene rings is 2. The number of hydrogen-bond donors (Lipinski definition) is 2. The second-order valence-corrected chi connectivity index (χ2v) is 12.0. The average Bonchev–Trinajstić information content (AvgIpc) is 2.78. The minimum atomic E-state index is -3.90. The Balaban J connectivity index is 1.59. The highest BCUT2D eigenvalue weighted by Crippen LogP contribution is 2.24. The molecule has 2 N–H and O–H groups in total. The van der Waals surface area contributed by atoms with Gasteiger partial charge < -0.3 is 5.32 Å². The number of hydrogen-bond acceptors (Lipinski definition) is 7. The first-order chi connectivity index (χ1) is 16.8. The molecule has 0 atom stereocenters. The molecular weight excluding hydrogens is 502 g/mol. The predicted molar refractivity (Wildman–Crippen MR) is 140 cm³/mol. The molecule has 3 aromatic rings. The Morgan fingerprint density at radius 1 is 0.972 bits per heavy atom. The monoisotopic (exact) mass is 531 g/mol. The van der Waals surface area contributed by atoms with E-state index in [0.717, 1.165) is 17.4 Å². The van der Waals surface area contributed by atoms with Crippen LogP contribution in [-0.2, 0) is 24.8 Å². The van der Waals surface area contributed by atoms with Crippen LogP contribution in [-0.4, -0.2) is 45.5 Å². The van der Waals surface area contributed by atoms with E-state index in [1.807, 2.05) is 32.0 Å². The van der Waals surface area contributed by atoms with Crippen LogP contribution < -0.4 is 14.3 Å². The molecule has 36 heavy (non-hydrogen) atoms. The van der Waals surface area contributed by atoms with Crippen LogP contribution in [0.25, 0.3) is 0 Å². The third-order valence-electron chi connectivity index (χ3n) is 5.27. The first-order valence-electron chi connectivity index (χ1n) is 11.1. The molecule has 0 bridgehead atoms. The highest BCUT2D eigenvalue weighted by Gasteiger charge is 2.20. The predicted octanol–water partition coefficient (Wildman–Crippen LogP) is 3.39. The molecule has 2 aromatic carbocycles. The molecule has 0 spiro atoms. The van der Waals surface area contributed by atoms with Gasteiger partial charge in [-0.3, -0.25) is 9.10 Å². The minimum Gasteiger partial charge on any atom is -0.326 e. The third kappa shape index (κ3) is 7.25. The maximum Gasteiger partial charge on any atom is 0.264 e. The molecule has 0 saturated carbocycles. The third-order valence-corrected chi connectivity index (χ3v) is 7.79. The van der Waals surface area contributed by atoms with Crippen molar-refractivity contribution in [3.05, 3.63) is 71.5 Å². The smallest absolute Gasteiger partial charge is 0.264 e.